The van der Waals surface area contributed by atoms with Crippen molar-refractivity contribution in [3.63, 3.8) is 0 Å². The van der Waals surface area contributed by atoms with Gasteiger partial charge < -0.3 is 24.3 Å². The number of nitrogens with zero attached hydrogens (tertiary/aromatic N) is 2. The molecule has 0 saturated carbocycles. The second-order valence-corrected chi connectivity index (χ2v) is 8.06. The van der Waals surface area contributed by atoms with Crippen molar-refractivity contribution in [1.82, 2.24) is 9.55 Å². The van der Waals surface area contributed by atoms with Crippen LogP contribution in [0.1, 0.15) is 37.0 Å². The van der Waals surface area contributed by atoms with Gasteiger partial charge in [0.1, 0.15) is 18.0 Å². The summed E-state index contributed by atoms with van der Waals surface area (Å²) in [5, 5.41) is 22.0. The fourth-order valence-corrected chi connectivity index (χ4v) is 4.53. The first-order chi connectivity index (χ1) is 15.2. The SMILES string of the molecule is CC[C@]1(O)c2cc3n(c(=O)c2COC(=O)[C@@H]1OC(C)=O)Cc1cc2cc(O)ccc2nc1-3. The van der Waals surface area contributed by atoms with E-state index in [4.69, 9.17) is 9.47 Å². The van der Waals surface area contributed by atoms with Crippen molar-refractivity contribution in [3.05, 3.63) is 57.4 Å². The highest BCUT2D eigenvalue weighted by atomic mass is 16.6. The number of hydrogen-bond donors (Lipinski definition) is 2. The molecule has 2 aliphatic rings. The maximum absolute atomic E-state index is 13.4. The molecule has 0 unspecified atom stereocenters. The van der Waals surface area contributed by atoms with E-state index in [-0.39, 0.29) is 36.4 Å². The van der Waals surface area contributed by atoms with Crippen LogP contribution >= 0.6 is 0 Å². The van der Waals surface area contributed by atoms with E-state index in [1.54, 1.807) is 25.1 Å². The summed E-state index contributed by atoms with van der Waals surface area (Å²) in [6.45, 7) is 2.68. The average Bonchev–Trinajstić information content (AvgIpc) is 3.07. The van der Waals surface area contributed by atoms with Crippen LogP contribution in [0.25, 0.3) is 22.3 Å². The molecule has 9 heteroatoms. The zero-order valence-corrected chi connectivity index (χ0v) is 17.4. The van der Waals surface area contributed by atoms with E-state index < -0.39 is 29.2 Å². The standard InChI is InChI=1S/C23H20N2O7/c1-3-23(30)16-8-18-19-13(6-12-7-14(27)4-5-17(12)24-19)9-25(18)21(28)15(16)10-31-22(29)20(23)32-11(2)26/h4-8,20,27,30H,3,9-10H2,1-2H3/t20-,23-/m0/s1. The molecule has 0 radical (unpaired) electrons. The molecule has 0 bridgehead atoms. The first-order valence-corrected chi connectivity index (χ1v) is 10.2. The smallest absolute Gasteiger partial charge is 0.351 e. The molecule has 0 amide bonds. The Balaban J connectivity index is 1.75. The molecular formula is C23H20N2O7. The highest BCUT2D eigenvalue weighted by Crippen LogP contribution is 2.40. The number of carbonyl (C=O) groups is 2. The monoisotopic (exact) mass is 436 g/mol. The van der Waals surface area contributed by atoms with E-state index in [0.29, 0.717) is 16.9 Å². The van der Waals surface area contributed by atoms with E-state index in [1.165, 1.54) is 10.6 Å². The van der Waals surface area contributed by atoms with Gasteiger partial charge in [0.15, 0.2) is 0 Å². The summed E-state index contributed by atoms with van der Waals surface area (Å²) in [6.07, 6.45) is -1.59. The van der Waals surface area contributed by atoms with Gasteiger partial charge in [0.25, 0.3) is 5.56 Å². The van der Waals surface area contributed by atoms with Gasteiger partial charge in [0, 0.05) is 23.4 Å². The molecule has 32 heavy (non-hydrogen) atoms. The predicted molar refractivity (Wildman–Crippen MR) is 112 cm³/mol. The fraction of sp³-hybridized carbons (Fsp3) is 0.304. The number of cyclic esters (lactones) is 1. The normalized spacial score (nSPS) is 21.3. The number of aromatic hydroxyl groups is 1. The van der Waals surface area contributed by atoms with Crippen LogP contribution in [0, 0.1) is 0 Å². The molecule has 4 heterocycles. The Hall–Kier alpha value is -3.72. The molecule has 0 aliphatic carbocycles. The number of phenols is 1. The quantitative estimate of drug-likeness (QED) is 0.455. The third-order valence-electron chi connectivity index (χ3n) is 6.14. The number of rotatable bonds is 2. The first kappa shape index (κ1) is 20.2. The van der Waals surface area contributed by atoms with Crippen molar-refractivity contribution < 1.29 is 29.3 Å². The molecule has 2 atom stereocenters. The number of hydrogen-bond acceptors (Lipinski definition) is 8. The average molecular weight is 436 g/mol. The van der Waals surface area contributed by atoms with Crippen molar-refractivity contribution in [2.45, 2.75) is 45.1 Å². The predicted octanol–water partition coefficient (Wildman–Crippen LogP) is 1.72. The Bertz CT molecular complexity index is 1380. The molecule has 0 saturated heterocycles. The number of carbonyl (C=O) groups excluding carboxylic acids is 2. The van der Waals surface area contributed by atoms with Crippen LogP contribution in [0.5, 0.6) is 5.75 Å². The highest BCUT2D eigenvalue weighted by molar-refractivity contribution is 5.85. The Labute approximate surface area is 181 Å². The minimum atomic E-state index is -1.94. The van der Waals surface area contributed by atoms with Crippen LogP contribution in [0.3, 0.4) is 0 Å². The summed E-state index contributed by atoms with van der Waals surface area (Å²) >= 11 is 0. The Morgan fingerprint density at radius 2 is 2.09 bits per heavy atom. The second-order valence-electron chi connectivity index (χ2n) is 8.06. The molecule has 0 spiro atoms. The lowest BCUT2D eigenvalue weighted by Gasteiger charge is -2.32. The third kappa shape index (κ3) is 2.81. The zero-order valence-electron chi connectivity index (χ0n) is 17.4. The fourth-order valence-electron chi connectivity index (χ4n) is 4.53. The van der Waals surface area contributed by atoms with Gasteiger partial charge in [-0.25, -0.2) is 9.78 Å². The van der Waals surface area contributed by atoms with Crippen LogP contribution in [0.2, 0.25) is 0 Å². The summed E-state index contributed by atoms with van der Waals surface area (Å²) in [6, 6.07) is 8.30. The Morgan fingerprint density at radius 3 is 2.81 bits per heavy atom. The molecule has 164 valence electrons. The highest BCUT2D eigenvalue weighted by Gasteiger charge is 2.50. The molecule has 5 rings (SSSR count). The Morgan fingerprint density at radius 1 is 1.31 bits per heavy atom. The van der Waals surface area contributed by atoms with E-state index in [2.05, 4.69) is 4.98 Å². The molecule has 9 nitrogen and oxygen atoms in total. The van der Waals surface area contributed by atoms with Gasteiger partial charge in [-0.2, -0.15) is 0 Å². The van der Waals surface area contributed by atoms with E-state index in [9.17, 15) is 24.6 Å². The minimum Gasteiger partial charge on any atom is -0.508 e. The van der Waals surface area contributed by atoms with Crippen molar-refractivity contribution >= 4 is 22.8 Å². The third-order valence-corrected chi connectivity index (χ3v) is 6.14. The van der Waals surface area contributed by atoms with Crippen molar-refractivity contribution in [1.29, 1.82) is 0 Å². The maximum Gasteiger partial charge on any atom is 0.351 e. The van der Waals surface area contributed by atoms with Crippen LogP contribution < -0.4 is 5.56 Å². The van der Waals surface area contributed by atoms with Crippen LogP contribution in [-0.2, 0) is 37.8 Å². The van der Waals surface area contributed by atoms with E-state index >= 15 is 0 Å². The molecule has 2 N–H and O–H groups in total. The van der Waals surface area contributed by atoms with Crippen molar-refractivity contribution in [2.75, 3.05) is 0 Å². The largest absolute Gasteiger partial charge is 0.508 e. The van der Waals surface area contributed by atoms with Crippen molar-refractivity contribution in [3.8, 4) is 17.1 Å². The number of esters is 2. The van der Waals surface area contributed by atoms with Crippen molar-refractivity contribution in [2.24, 2.45) is 0 Å². The van der Waals surface area contributed by atoms with Crippen LogP contribution in [-0.4, -0.2) is 37.8 Å². The van der Waals surface area contributed by atoms with Gasteiger partial charge in [0.05, 0.1) is 29.0 Å². The second kappa shape index (κ2) is 6.89. The summed E-state index contributed by atoms with van der Waals surface area (Å²) in [5.74, 6) is -1.54. The number of pyridine rings is 2. The summed E-state index contributed by atoms with van der Waals surface area (Å²) in [4.78, 5) is 42.2. The number of phenolic OH excluding ortho intramolecular Hbond substituents is 1. The number of fused-ring (bicyclic) bond motifs is 5. The number of aliphatic hydroxyl groups is 1. The lowest BCUT2D eigenvalue weighted by molar-refractivity contribution is -0.186. The first-order valence-electron chi connectivity index (χ1n) is 10.2. The lowest BCUT2D eigenvalue weighted by Crippen LogP contribution is -2.47. The van der Waals surface area contributed by atoms with Gasteiger partial charge in [-0.1, -0.05) is 6.92 Å². The van der Waals surface area contributed by atoms with Gasteiger partial charge >= 0.3 is 11.9 Å². The number of ether oxygens (including phenoxy) is 2. The summed E-state index contributed by atoms with van der Waals surface area (Å²) in [7, 11) is 0. The molecule has 3 aromatic rings. The molecule has 0 fully saturated rings. The van der Waals surface area contributed by atoms with Gasteiger partial charge in [0.2, 0.25) is 6.10 Å². The minimum absolute atomic E-state index is 0.00717. The molecule has 2 aromatic heterocycles. The summed E-state index contributed by atoms with van der Waals surface area (Å²) < 4.78 is 11.9. The van der Waals surface area contributed by atoms with Crippen LogP contribution in [0.15, 0.2) is 35.1 Å². The summed E-state index contributed by atoms with van der Waals surface area (Å²) in [5.41, 5.74) is 0.460. The molecule has 2 aliphatic heterocycles. The number of benzene rings is 1. The Kier molecular flexibility index (Phi) is 4.35. The topological polar surface area (TPSA) is 128 Å². The zero-order chi connectivity index (χ0) is 22.8. The van der Waals surface area contributed by atoms with Crippen LogP contribution in [0.4, 0.5) is 0 Å². The van der Waals surface area contributed by atoms with E-state index in [1.807, 2.05) is 6.07 Å². The van der Waals surface area contributed by atoms with Gasteiger partial charge in [-0.15, -0.1) is 0 Å². The number of aromatic nitrogens is 2. The lowest BCUT2D eigenvalue weighted by atomic mass is 9.83. The molecule has 1 aromatic carbocycles. The van der Waals surface area contributed by atoms with E-state index in [0.717, 1.165) is 17.9 Å². The van der Waals surface area contributed by atoms with Gasteiger partial charge in [-0.3, -0.25) is 9.59 Å². The van der Waals surface area contributed by atoms with Gasteiger partial charge in [-0.05, 0) is 36.8 Å². The molecular weight excluding hydrogens is 416 g/mol. The maximum atomic E-state index is 13.4.